The van der Waals surface area contributed by atoms with Crippen molar-refractivity contribution in [2.24, 2.45) is 5.73 Å². The van der Waals surface area contributed by atoms with Gasteiger partial charge in [-0.1, -0.05) is 59.0 Å². The second-order valence-corrected chi connectivity index (χ2v) is 11.0. The molecule has 1 aliphatic carbocycles. The number of rotatable bonds is 6. The Morgan fingerprint density at radius 1 is 1.25 bits per heavy atom. The van der Waals surface area contributed by atoms with Crippen molar-refractivity contribution in [3.63, 3.8) is 0 Å². The molecule has 0 spiro atoms. The number of thioether (sulfide) groups is 1. The van der Waals surface area contributed by atoms with Gasteiger partial charge in [-0.2, -0.15) is 5.26 Å². The van der Waals surface area contributed by atoms with E-state index in [4.69, 9.17) is 22.1 Å². The molecule has 182 valence electrons. The normalized spacial score (nSPS) is 17.8. The van der Waals surface area contributed by atoms with Crippen molar-refractivity contribution in [3.05, 3.63) is 87.3 Å². The van der Waals surface area contributed by atoms with Crippen molar-refractivity contribution in [2.45, 2.75) is 35.3 Å². The summed E-state index contributed by atoms with van der Waals surface area (Å²) in [7, 11) is 1.59. The number of benzene rings is 2. The molecule has 36 heavy (non-hydrogen) atoms. The number of nitrogens with zero attached hydrogens (tertiary/aromatic N) is 4. The van der Waals surface area contributed by atoms with Gasteiger partial charge in [0.1, 0.15) is 11.6 Å². The fraction of sp³-hybridized carbons (Fsp3) is 0.231. The Labute approximate surface area is 222 Å². The molecule has 2 N–H and O–H groups in total. The Morgan fingerprint density at radius 2 is 2.06 bits per heavy atom. The first-order chi connectivity index (χ1) is 17.5. The molecule has 0 amide bonds. The van der Waals surface area contributed by atoms with Crippen LogP contribution in [0.3, 0.4) is 0 Å². The van der Waals surface area contributed by atoms with Crippen LogP contribution in [0.2, 0.25) is 5.02 Å². The highest BCUT2D eigenvalue weighted by atomic mass is 35.5. The lowest BCUT2D eigenvalue weighted by atomic mass is 9.76. The fourth-order valence-corrected chi connectivity index (χ4v) is 6.50. The van der Waals surface area contributed by atoms with Gasteiger partial charge in [0.2, 0.25) is 5.13 Å². The molecule has 2 aliphatic rings. The summed E-state index contributed by atoms with van der Waals surface area (Å²) in [4.78, 5) is 15.0. The number of allylic oxidation sites excluding steroid dienone is 3. The van der Waals surface area contributed by atoms with Crippen molar-refractivity contribution in [1.82, 2.24) is 10.2 Å². The molecule has 2 heterocycles. The van der Waals surface area contributed by atoms with Gasteiger partial charge >= 0.3 is 0 Å². The second-order valence-electron chi connectivity index (χ2n) is 8.36. The summed E-state index contributed by atoms with van der Waals surface area (Å²) in [5, 5.41) is 20.1. The highest BCUT2D eigenvalue weighted by Crippen LogP contribution is 2.47. The summed E-state index contributed by atoms with van der Waals surface area (Å²) in [5.41, 5.74) is 10.3. The van der Waals surface area contributed by atoms with Crippen LogP contribution in [0.1, 0.15) is 36.3 Å². The van der Waals surface area contributed by atoms with E-state index in [1.165, 1.54) is 11.3 Å². The van der Waals surface area contributed by atoms with Crippen LogP contribution < -0.4 is 15.4 Å². The lowest BCUT2D eigenvalue weighted by molar-refractivity contribution is -0.116. The summed E-state index contributed by atoms with van der Waals surface area (Å²) in [6.07, 6.45) is 1.81. The van der Waals surface area contributed by atoms with E-state index < -0.39 is 5.92 Å². The molecule has 1 atom stereocenters. The maximum atomic E-state index is 13.3. The van der Waals surface area contributed by atoms with Crippen molar-refractivity contribution in [2.75, 3.05) is 12.0 Å². The van der Waals surface area contributed by atoms with E-state index in [0.29, 0.717) is 52.1 Å². The van der Waals surface area contributed by atoms with Gasteiger partial charge in [-0.3, -0.25) is 9.69 Å². The van der Waals surface area contributed by atoms with E-state index >= 15 is 0 Å². The third-order valence-corrected chi connectivity index (χ3v) is 8.57. The van der Waals surface area contributed by atoms with Crippen molar-refractivity contribution in [3.8, 4) is 11.8 Å². The maximum absolute atomic E-state index is 13.3. The number of ketones is 1. The average molecular weight is 536 g/mol. The minimum atomic E-state index is -0.546. The van der Waals surface area contributed by atoms with Gasteiger partial charge < -0.3 is 10.5 Å². The molecule has 3 aromatic rings. The molecule has 7 nitrogen and oxygen atoms in total. The number of carbonyl (C=O) groups is 1. The second kappa shape index (κ2) is 10.3. The number of ether oxygens (including phenoxy) is 1. The van der Waals surface area contributed by atoms with Gasteiger partial charge in [0.15, 0.2) is 10.1 Å². The highest BCUT2D eigenvalue weighted by Gasteiger charge is 2.41. The largest absolute Gasteiger partial charge is 0.497 e. The lowest BCUT2D eigenvalue weighted by Crippen LogP contribution is -2.38. The molecule has 0 fully saturated rings. The van der Waals surface area contributed by atoms with E-state index in [1.54, 1.807) is 23.8 Å². The summed E-state index contributed by atoms with van der Waals surface area (Å²) < 4.78 is 6.16. The number of anilines is 1. The Bertz CT molecular complexity index is 1420. The van der Waals surface area contributed by atoms with Gasteiger partial charge in [-0.15, -0.1) is 10.2 Å². The van der Waals surface area contributed by atoms with E-state index in [-0.39, 0.29) is 11.6 Å². The zero-order valence-corrected chi connectivity index (χ0v) is 21.8. The van der Waals surface area contributed by atoms with Crippen molar-refractivity contribution < 1.29 is 9.53 Å². The molecular formula is C26H22ClN5O2S2. The van der Waals surface area contributed by atoms with Gasteiger partial charge in [-0.25, -0.2) is 0 Å². The van der Waals surface area contributed by atoms with Gasteiger partial charge in [0, 0.05) is 28.5 Å². The molecule has 1 aliphatic heterocycles. The molecular weight excluding hydrogens is 514 g/mol. The topological polar surface area (TPSA) is 105 Å². The number of hydrogen-bond acceptors (Lipinski definition) is 9. The predicted octanol–water partition coefficient (Wildman–Crippen LogP) is 5.80. The van der Waals surface area contributed by atoms with Gasteiger partial charge in [0.05, 0.1) is 24.7 Å². The van der Waals surface area contributed by atoms with E-state index in [2.05, 4.69) is 16.3 Å². The van der Waals surface area contributed by atoms with Crippen LogP contribution in [-0.4, -0.2) is 23.1 Å². The van der Waals surface area contributed by atoms with Crippen molar-refractivity contribution >= 4 is 45.6 Å². The van der Waals surface area contributed by atoms with Crippen LogP contribution in [0.4, 0.5) is 5.13 Å². The quantitative estimate of drug-likeness (QED) is 0.395. The first-order valence-electron chi connectivity index (χ1n) is 11.3. The van der Waals surface area contributed by atoms with E-state index in [1.807, 2.05) is 48.5 Å². The first kappa shape index (κ1) is 24.4. The molecule has 0 unspecified atom stereocenters. The molecule has 1 aromatic heterocycles. The minimum absolute atomic E-state index is 0.0242. The van der Waals surface area contributed by atoms with Crippen LogP contribution in [-0.2, 0) is 10.5 Å². The summed E-state index contributed by atoms with van der Waals surface area (Å²) in [6, 6.07) is 17.4. The predicted molar refractivity (Wildman–Crippen MR) is 142 cm³/mol. The van der Waals surface area contributed by atoms with Gasteiger partial charge in [-0.05, 0) is 48.2 Å². The smallest absolute Gasteiger partial charge is 0.219 e. The third kappa shape index (κ3) is 4.60. The first-order valence-corrected chi connectivity index (χ1v) is 13.5. The number of methoxy groups -OCH3 is 1. The molecule has 5 rings (SSSR count). The maximum Gasteiger partial charge on any atom is 0.219 e. The Kier molecular flexibility index (Phi) is 7.01. The molecule has 2 aromatic carbocycles. The summed E-state index contributed by atoms with van der Waals surface area (Å²) in [6.45, 7) is 0. The number of Topliss-reactive ketones (excluding diaryl/α,β-unsaturated/α-hetero) is 1. The molecule has 0 saturated carbocycles. The molecule has 0 bridgehead atoms. The molecule has 0 saturated heterocycles. The van der Waals surface area contributed by atoms with Crippen molar-refractivity contribution in [1.29, 1.82) is 5.26 Å². The Morgan fingerprint density at radius 3 is 2.81 bits per heavy atom. The minimum Gasteiger partial charge on any atom is -0.497 e. The number of nitrogens with two attached hydrogens (primary N) is 1. The zero-order chi connectivity index (χ0) is 25.2. The van der Waals surface area contributed by atoms with Crippen LogP contribution in [0.15, 0.2) is 75.5 Å². The van der Waals surface area contributed by atoms with Crippen LogP contribution in [0, 0.1) is 11.3 Å². The standard InChI is InChI=1S/C26H22ClN5O2S2/c1-34-18-5-2-4-16(12-18)22-19(13-28)24(29)32(20-6-3-7-21(33)23(20)22)25-30-31-26(36-25)35-14-15-8-10-17(27)11-9-15/h2,4-5,8-12,22H,3,6-7,14,29H2,1H3/t22-/m1/s1. The van der Waals surface area contributed by atoms with E-state index in [9.17, 15) is 10.1 Å². The summed E-state index contributed by atoms with van der Waals surface area (Å²) >= 11 is 8.93. The SMILES string of the molecule is COc1cccc([C@@H]2C(C#N)=C(N)N(c3nnc(SCc4ccc(Cl)cc4)s3)C3=C2C(=O)CCC3)c1. The molecule has 0 radical (unpaired) electrons. The highest BCUT2D eigenvalue weighted by molar-refractivity contribution is 8.00. The van der Waals surface area contributed by atoms with Crippen LogP contribution in [0.5, 0.6) is 5.75 Å². The monoisotopic (exact) mass is 535 g/mol. The third-order valence-electron chi connectivity index (χ3n) is 6.20. The summed E-state index contributed by atoms with van der Waals surface area (Å²) in [5.74, 6) is 1.13. The number of carbonyl (C=O) groups excluding carboxylic acids is 1. The van der Waals surface area contributed by atoms with Crippen LogP contribution in [0.25, 0.3) is 0 Å². The number of halogens is 1. The number of nitriles is 1. The average Bonchev–Trinajstić information content (AvgIpc) is 3.36. The molecule has 10 heteroatoms. The Balaban J connectivity index is 1.52. The number of hydrogen-bond donors (Lipinski definition) is 1. The fourth-order valence-electron chi connectivity index (χ4n) is 4.54. The lowest BCUT2D eigenvalue weighted by Gasteiger charge is -2.38. The van der Waals surface area contributed by atoms with Crippen LogP contribution >= 0.6 is 34.7 Å². The van der Waals surface area contributed by atoms with Gasteiger partial charge in [0.25, 0.3) is 0 Å². The zero-order valence-electron chi connectivity index (χ0n) is 19.4. The van der Waals surface area contributed by atoms with E-state index in [0.717, 1.165) is 21.2 Å². The number of aromatic nitrogens is 2. The Hall–Kier alpha value is -3.32.